The van der Waals surface area contributed by atoms with Crippen molar-refractivity contribution in [3.8, 4) is 0 Å². The first-order valence-electron chi connectivity index (χ1n) is 6.79. The molecule has 0 bridgehead atoms. The summed E-state index contributed by atoms with van der Waals surface area (Å²) in [5, 5.41) is 3.14. The molecular weight excluding hydrogens is 260 g/mol. The Morgan fingerprint density at radius 1 is 1.16 bits per heavy atom. The summed E-state index contributed by atoms with van der Waals surface area (Å²) in [6.07, 6.45) is 1.90. The highest BCUT2D eigenvalue weighted by molar-refractivity contribution is 7.89. The molecule has 0 aromatic heterocycles. The van der Waals surface area contributed by atoms with Gasteiger partial charge in [-0.05, 0) is 49.9 Å². The van der Waals surface area contributed by atoms with Gasteiger partial charge < -0.3 is 5.32 Å². The summed E-state index contributed by atoms with van der Waals surface area (Å²) in [6, 6.07) is 6.82. The molecule has 108 valence electrons. The van der Waals surface area contributed by atoms with E-state index in [0.29, 0.717) is 17.4 Å². The van der Waals surface area contributed by atoms with Gasteiger partial charge in [-0.2, -0.15) is 0 Å². The number of benzene rings is 1. The van der Waals surface area contributed by atoms with Crippen LogP contribution in [0.3, 0.4) is 0 Å². The highest BCUT2D eigenvalue weighted by Crippen LogP contribution is 2.14. The summed E-state index contributed by atoms with van der Waals surface area (Å²) < 4.78 is 26.7. The van der Waals surface area contributed by atoms with Crippen LogP contribution in [0.25, 0.3) is 0 Å². The van der Waals surface area contributed by atoms with Crippen LogP contribution in [0.4, 0.5) is 5.69 Å². The lowest BCUT2D eigenvalue weighted by molar-refractivity contribution is 0.540. The van der Waals surface area contributed by atoms with E-state index < -0.39 is 10.0 Å². The molecule has 1 aromatic rings. The molecule has 0 amide bonds. The monoisotopic (exact) mass is 284 g/mol. The van der Waals surface area contributed by atoms with Gasteiger partial charge in [-0.3, -0.25) is 0 Å². The lowest BCUT2D eigenvalue weighted by Crippen LogP contribution is -2.25. The van der Waals surface area contributed by atoms with Crippen LogP contribution in [0.1, 0.15) is 33.6 Å². The third-order valence-electron chi connectivity index (χ3n) is 2.80. The first-order chi connectivity index (χ1) is 8.95. The van der Waals surface area contributed by atoms with E-state index in [1.165, 1.54) is 0 Å². The van der Waals surface area contributed by atoms with Crippen molar-refractivity contribution < 1.29 is 8.42 Å². The number of anilines is 1. The molecule has 0 aliphatic rings. The van der Waals surface area contributed by atoms with E-state index in [9.17, 15) is 8.42 Å². The van der Waals surface area contributed by atoms with E-state index in [2.05, 4.69) is 23.9 Å². The fraction of sp³-hybridized carbons (Fsp3) is 0.571. The minimum Gasteiger partial charge on any atom is -0.385 e. The highest BCUT2D eigenvalue weighted by Gasteiger charge is 2.12. The van der Waals surface area contributed by atoms with Crippen molar-refractivity contribution in [1.82, 2.24) is 4.72 Å². The van der Waals surface area contributed by atoms with Crippen molar-refractivity contribution in [3.63, 3.8) is 0 Å². The Hall–Kier alpha value is -1.07. The lowest BCUT2D eigenvalue weighted by Gasteiger charge is -2.09. The zero-order valence-corrected chi connectivity index (χ0v) is 12.8. The number of hydrogen-bond donors (Lipinski definition) is 2. The Morgan fingerprint density at radius 2 is 1.79 bits per heavy atom. The molecule has 19 heavy (non-hydrogen) atoms. The molecule has 0 atom stereocenters. The maximum Gasteiger partial charge on any atom is 0.240 e. The van der Waals surface area contributed by atoms with Gasteiger partial charge in [0.05, 0.1) is 4.90 Å². The molecule has 0 heterocycles. The third-order valence-corrected chi connectivity index (χ3v) is 4.27. The van der Waals surface area contributed by atoms with Crippen LogP contribution in [0.15, 0.2) is 29.2 Å². The molecule has 0 aliphatic heterocycles. The molecule has 0 fully saturated rings. The van der Waals surface area contributed by atoms with Crippen LogP contribution in [0.2, 0.25) is 0 Å². The largest absolute Gasteiger partial charge is 0.385 e. The van der Waals surface area contributed by atoms with Crippen molar-refractivity contribution >= 4 is 15.7 Å². The first-order valence-corrected chi connectivity index (χ1v) is 8.27. The molecule has 0 saturated carbocycles. The van der Waals surface area contributed by atoms with Crippen molar-refractivity contribution in [2.24, 2.45) is 5.92 Å². The van der Waals surface area contributed by atoms with Crippen molar-refractivity contribution in [1.29, 1.82) is 0 Å². The molecule has 2 N–H and O–H groups in total. The van der Waals surface area contributed by atoms with Crippen LogP contribution < -0.4 is 10.0 Å². The number of nitrogens with one attached hydrogen (secondary N) is 2. The average molecular weight is 284 g/mol. The maximum absolute atomic E-state index is 12.0. The smallest absolute Gasteiger partial charge is 0.240 e. The normalized spacial score (nSPS) is 11.8. The SMILES string of the molecule is CCNc1ccc(S(=O)(=O)NCCCC(C)C)cc1. The second-order valence-corrected chi connectivity index (χ2v) is 6.76. The van der Waals surface area contributed by atoms with Crippen molar-refractivity contribution in [3.05, 3.63) is 24.3 Å². The molecule has 1 rings (SSSR count). The Labute approximate surface area is 116 Å². The predicted molar refractivity (Wildman–Crippen MR) is 79.9 cm³/mol. The van der Waals surface area contributed by atoms with Gasteiger partial charge in [0.2, 0.25) is 10.0 Å². The molecule has 0 radical (unpaired) electrons. The quantitative estimate of drug-likeness (QED) is 0.722. The number of hydrogen-bond acceptors (Lipinski definition) is 3. The molecular formula is C14H24N2O2S. The fourth-order valence-corrected chi connectivity index (χ4v) is 2.83. The van der Waals surface area contributed by atoms with Gasteiger partial charge in [0.1, 0.15) is 0 Å². The molecule has 1 aromatic carbocycles. The minimum atomic E-state index is -3.37. The summed E-state index contributed by atoms with van der Waals surface area (Å²) in [7, 11) is -3.37. The Balaban J connectivity index is 2.56. The van der Waals surface area contributed by atoms with Crippen molar-refractivity contribution in [2.75, 3.05) is 18.4 Å². The zero-order valence-electron chi connectivity index (χ0n) is 11.9. The van der Waals surface area contributed by atoms with E-state index in [0.717, 1.165) is 25.1 Å². The average Bonchev–Trinajstić information content (AvgIpc) is 2.36. The Bertz CT molecular complexity index is 467. The molecule has 0 spiro atoms. The summed E-state index contributed by atoms with van der Waals surface area (Å²) in [5.74, 6) is 0.601. The third kappa shape index (κ3) is 5.61. The van der Waals surface area contributed by atoms with Crippen LogP contribution in [-0.2, 0) is 10.0 Å². The van der Waals surface area contributed by atoms with Crippen LogP contribution in [0, 0.1) is 5.92 Å². The Morgan fingerprint density at radius 3 is 2.32 bits per heavy atom. The molecule has 5 heteroatoms. The van der Waals surface area contributed by atoms with E-state index in [4.69, 9.17) is 0 Å². The summed E-state index contributed by atoms with van der Waals surface area (Å²) >= 11 is 0. The summed E-state index contributed by atoms with van der Waals surface area (Å²) in [4.78, 5) is 0.318. The molecule has 4 nitrogen and oxygen atoms in total. The van der Waals surface area contributed by atoms with E-state index in [1.807, 2.05) is 6.92 Å². The van der Waals surface area contributed by atoms with Crippen LogP contribution >= 0.6 is 0 Å². The second kappa shape index (κ2) is 7.50. The number of rotatable bonds is 8. The topological polar surface area (TPSA) is 58.2 Å². The molecule has 0 aliphatic carbocycles. The summed E-state index contributed by atoms with van der Waals surface area (Å²) in [6.45, 7) is 7.58. The van der Waals surface area contributed by atoms with Gasteiger partial charge >= 0.3 is 0 Å². The fourth-order valence-electron chi connectivity index (χ4n) is 1.76. The van der Waals surface area contributed by atoms with Gasteiger partial charge in [-0.15, -0.1) is 0 Å². The van der Waals surface area contributed by atoms with E-state index in [1.54, 1.807) is 24.3 Å². The second-order valence-electron chi connectivity index (χ2n) is 4.99. The Kier molecular flexibility index (Phi) is 6.31. The standard InChI is InChI=1S/C14H24N2O2S/c1-4-15-13-7-9-14(10-8-13)19(17,18)16-11-5-6-12(2)3/h7-10,12,15-16H,4-6,11H2,1-3H3. The minimum absolute atomic E-state index is 0.318. The van der Waals surface area contributed by atoms with Gasteiger partial charge in [-0.25, -0.2) is 13.1 Å². The zero-order chi connectivity index (χ0) is 14.3. The first kappa shape index (κ1) is 16.0. The predicted octanol–water partition coefficient (Wildman–Crippen LogP) is 2.83. The molecule has 0 saturated heterocycles. The molecule has 0 unspecified atom stereocenters. The maximum atomic E-state index is 12.0. The number of sulfonamides is 1. The van der Waals surface area contributed by atoms with E-state index in [-0.39, 0.29) is 0 Å². The summed E-state index contributed by atoms with van der Waals surface area (Å²) in [5.41, 5.74) is 0.932. The van der Waals surface area contributed by atoms with E-state index >= 15 is 0 Å². The van der Waals surface area contributed by atoms with Crippen LogP contribution in [-0.4, -0.2) is 21.5 Å². The van der Waals surface area contributed by atoms with Gasteiger partial charge in [0.25, 0.3) is 0 Å². The lowest BCUT2D eigenvalue weighted by atomic mass is 10.1. The highest BCUT2D eigenvalue weighted by atomic mass is 32.2. The van der Waals surface area contributed by atoms with Gasteiger partial charge in [0.15, 0.2) is 0 Å². The van der Waals surface area contributed by atoms with Gasteiger partial charge in [0, 0.05) is 18.8 Å². The van der Waals surface area contributed by atoms with Crippen molar-refractivity contribution in [2.45, 2.75) is 38.5 Å². The van der Waals surface area contributed by atoms with Crippen LogP contribution in [0.5, 0.6) is 0 Å². The van der Waals surface area contributed by atoms with Gasteiger partial charge in [-0.1, -0.05) is 13.8 Å².